The first-order valence-electron chi connectivity index (χ1n) is 8.12. The molecule has 0 spiro atoms. The fourth-order valence-corrected chi connectivity index (χ4v) is 3.10. The molecule has 0 aliphatic rings. The number of benzene rings is 1. The van der Waals surface area contributed by atoms with Crippen LogP contribution in [0, 0.1) is 0 Å². The number of alkyl carbamates (subject to hydrolysis) is 1. The van der Waals surface area contributed by atoms with Gasteiger partial charge in [-0.25, -0.2) is 4.79 Å². The maximum absolute atomic E-state index is 12.0. The van der Waals surface area contributed by atoms with E-state index in [-0.39, 0.29) is 11.5 Å². The minimum Gasteiger partial charge on any atom is -0.444 e. The molecule has 0 aromatic heterocycles. The van der Waals surface area contributed by atoms with Crippen molar-refractivity contribution in [1.82, 2.24) is 5.32 Å². The minimum atomic E-state index is -0.464. The fourth-order valence-electron chi connectivity index (χ4n) is 2.02. The molecule has 1 aromatic rings. The van der Waals surface area contributed by atoms with Gasteiger partial charge < -0.3 is 10.1 Å². The Bertz CT molecular complexity index is 428. The van der Waals surface area contributed by atoms with E-state index in [1.165, 1.54) is 24.2 Å². The lowest BCUT2D eigenvalue weighted by Crippen LogP contribution is -2.37. The van der Waals surface area contributed by atoms with Crippen LogP contribution >= 0.6 is 11.8 Å². The van der Waals surface area contributed by atoms with Gasteiger partial charge in [0.2, 0.25) is 0 Å². The lowest BCUT2D eigenvalue weighted by molar-refractivity contribution is 0.0520. The maximum atomic E-state index is 12.0. The van der Waals surface area contributed by atoms with E-state index >= 15 is 0 Å². The second kappa shape index (κ2) is 9.78. The summed E-state index contributed by atoms with van der Waals surface area (Å²) in [6.07, 6.45) is 5.41. The van der Waals surface area contributed by atoms with Crippen LogP contribution in [0.5, 0.6) is 0 Å². The van der Waals surface area contributed by atoms with Crippen LogP contribution in [-0.4, -0.2) is 17.1 Å². The van der Waals surface area contributed by atoms with E-state index in [1.54, 1.807) is 11.8 Å². The van der Waals surface area contributed by atoms with Gasteiger partial charge in [0.1, 0.15) is 5.60 Å². The molecule has 1 aromatic carbocycles. The molecule has 0 radical (unpaired) electrons. The van der Waals surface area contributed by atoms with Gasteiger partial charge in [-0.3, -0.25) is 0 Å². The summed E-state index contributed by atoms with van der Waals surface area (Å²) >= 11 is 1.69. The second-order valence-corrected chi connectivity index (χ2v) is 7.69. The van der Waals surface area contributed by atoms with Crippen molar-refractivity contribution >= 4 is 17.9 Å². The van der Waals surface area contributed by atoms with Crippen molar-refractivity contribution in [2.45, 2.75) is 75.7 Å². The Morgan fingerprint density at radius 3 is 2.45 bits per heavy atom. The van der Waals surface area contributed by atoms with Crippen molar-refractivity contribution in [3.63, 3.8) is 0 Å². The van der Waals surface area contributed by atoms with Crippen molar-refractivity contribution in [3.8, 4) is 0 Å². The van der Waals surface area contributed by atoms with Crippen molar-refractivity contribution in [2.24, 2.45) is 0 Å². The third-order valence-corrected chi connectivity index (χ3v) is 4.20. The van der Waals surface area contributed by atoms with Gasteiger partial charge in [-0.15, -0.1) is 11.8 Å². The summed E-state index contributed by atoms with van der Waals surface area (Å²) in [6.45, 7) is 7.85. The number of rotatable bonds is 8. The highest BCUT2D eigenvalue weighted by molar-refractivity contribution is 7.99. The molecule has 3 nitrogen and oxygen atoms in total. The van der Waals surface area contributed by atoms with Crippen molar-refractivity contribution < 1.29 is 9.53 Å². The molecule has 0 bridgehead atoms. The fraction of sp³-hybridized carbons (Fsp3) is 0.611. The van der Waals surface area contributed by atoms with E-state index in [0.717, 1.165) is 12.8 Å². The van der Waals surface area contributed by atoms with Crippen molar-refractivity contribution in [2.75, 3.05) is 0 Å². The van der Waals surface area contributed by atoms with Gasteiger partial charge >= 0.3 is 6.09 Å². The summed E-state index contributed by atoms with van der Waals surface area (Å²) in [5, 5.41) is 3.05. The van der Waals surface area contributed by atoms with Gasteiger partial charge in [0.25, 0.3) is 0 Å². The van der Waals surface area contributed by atoms with E-state index in [4.69, 9.17) is 4.74 Å². The average molecular weight is 324 g/mol. The Balaban J connectivity index is 2.55. The lowest BCUT2D eigenvalue weighted by Gasteiger charge is -2.23. The Labute approximate surface area is 139 Å². The molecule has 4 heteroatoms. The molecule has 22 heavy (non-hydrogen) atoms. The number of amides is 1. The number of hydrogen-bond acceptors (Lipinski definition) is 3. The molecular formula is C18H29NO2S. The smallest absolute Gasteiger partial charge is 0.408 e. The number of thioether (sulfide) groups is 1. The summed E-state index contributed by atoms with van der Waals surface area (Å²) in [4.78, 5) is 13.2. The molecule has 1 N–H and O–H groups in total. The molecule has 1 unspecified atom stereocenters. The number of carbonyl (C=O) groups is 1. The molecule has 0 saturated heterocycles. The zero-order valence-electron chi connectivity index (χ0n) is 14.2. The molecular weight excluding hydrogens is 294 g/mol. The SMILES string of the molecule is CCCCCCC(NC(=O)OC(C)(C)C)Sc1ccccc1. The molecule has 1 atom stereocenters. The molecule has 1 amide bonds. The number of carbonyl (C=O) groups excluding carboxylic acids is 1. The van der Waals surface area contributed by atoms with E-state index in [2.05, 4.69) is 24.4 Å². The Kier molecular flexibility index (Phi) is 8.39. The highest BCUT2D eigenvalue weighted by Gasteiger charge is 2.20. The van der Waals surface area contributed by atoms with Crippen LogP contribution in [0.15, 0.2) is 35.2 Å². The normalized spacial score (nSPS) is 12.7. The highest BCUT2D eigenvalue weighted by Crippen LogP contribution is 2.25. The first kappa shape index (κ1) is 18.9. The average Bonchev–Trinajstić information content (AvgIpc) is 2.42. The first-order chi connectivity index (χ1) is 10.4. The van der Waals surface area contributed by atoms with Gasteiger partial charge in [0.15, 0.2) is 0 Å². The highest BCUT2D eigenvalue weighted by atomic mass is 32.2. The van der Waals surface area contributed by atoms with Crippen LogP contribution in [0.3, 0.4) is 0 Å². The van der Waals surface area contributed by atoms with Crippen LogP contribution in [0.25, 0.3) is 0 Å². The van der Waals surface area contributed by atoms with Gasteiger partial charge in [-0.1, -0.05) is 50.8 Å². The Hall–Kier alpha value is -1.16. The van der Waals surface area contributed by atoms with E-state index < -0.39 is 5.60 Å². The summed E-state index contributed by atoms with van der Waals surface area (Å²) in [5.74, 6) is 0. The van der Waals surface area contributed by atoms with E-state index in [1.807, 2.05) is 39.0 Å². The van der Waals surface area contributed by atoms with Gasteiger partial charge in [0, 0.05) is 4.90 Å². The van der Waals surface area contributed by atoms with Gasteiger partial charge in [-0.05, 0) is 39.3 Å². The Morgan fingerprint density at radius 1 is 1.18 bits per heavy atom. The van der Waals surface area contributed by atoms with Crippen LogP contribution in [0.4, 0.5) is 4.79 Å². The third kappa shape index (κ3) is 8.98. The topological polar surface area (TPSA) is 38.3 Å². The van der Waals surface area contributed by atoms with Crippen LogP contribution in [0.1, 0.15) is 59.8 Å². The summed E-state index contributed by atoms with van der Waals surface area (Å²) in [5.41, 5.74) is -0.464. The molecule has 0 heterocycles. The van der Waals surface area contributed by atoms with Gasteiger partial charge in [0.05, 0.1) is 5.37 Å². The molecule has 0 fully saturated rings. The molecule has 0 aliphatic carbocycles. The van der Waals surface area contributed by atoms with E-state index in [9.17, 15) is 4.79 Å². The zero-order chi connectivity index (χ0) is 16.4. The standard InChI is InChI=1S/C18H29NO2S/c1-5-6-7-11-14-16(19-17(20)21-18(2,3)4)22-15-12-9-8-10-13-15/h8-10,12-13,16H,5-7,11,14H2,1-4H3,(H,19,20). The van der Waals surface area contributed by atoms with Crippen molar-refractivity contribution in [3.05, 3.63) is 30.3 Å². The zero-order valence-corrected chi connectivity index (χ0v) is 15.0. The molecule has 0 aliphatic heterocycles. The predicted molar refractivity (Wildman–Crippen MR) is 94.2 cm³/mol. The van der Waals surface area contributed by atoms with Crippen molar-refractivity contribution in [1.29, 1.82) is 0 Å². The molecule has 124 valence electrons. The van der Waals surface area contributed by atoms with E-state index in [0.29, 0.717) is 0 Å². The molecule has 0 saturated carbocycles. The number of hydrogen-bond donors (Lipinski definition) is 1. The second-order valence-electron chi connectivity index (χ2n) is 6.42. The number of unbranched alkanes of at least 4 members (excludes halogenated alkanes) is 3. The quantitative estimate of drug-likeness (QED) is 0.384. The molecule has 1 rings (SSSR count). The monoisotopic (exact) mass is 323 g/mol. The maximum Gasteiger partial charge on any atom is 0.408 e. The summed E-state index contributed by atoms with van der Waals surface area (Å²) in [7, 11) is 0. The number of nitrogens with one attached hydrogen (secondary N) is 1. The van der Waals surface area contributed by atoms with Gasteiger partial charge in [-0.2, -0.15) is 0 Å². The first-order valence-corrected chi connectivity index (χ1v) is 9.00. The Morgan fingerprint density at radius 2 is 1.86 bits per heavy atom. The van der Waals surface area contributed by atoms with Crippen LogP contribution in [-0.2, 0) is 4.74 Å². The summed E-state index contributed by atoms with van der Waals surface area (Å²) in [6, 6.07) is 10.2. The number of ether oxygens (including phenoxy) is 1. The minimum absolute atomic E-state index is 0.0501. The predicted octanol–water partition coefficient (Wildman–Crippen LogP) is 5.60. The lowest BCUT2D eigenvalue weighted by atomic mass is 10.1. The van der Waals surface area contributed by atoms with Crippen LogP contribution < -0.4 is 5.32 Å². The largest absolute Gasteiger partial charge is 0.444 e. The third-order valence-electron chi connectivity index (χ3n) is 3.02. The van der Waals surface area contributed by atoms with Crippen LogP contribution in [0.2, 0.25) is 0 Å². The summed E-state index contributed by atoms with van der Waals surface area (Å²) < 4.78 is 5.37.